The van der Waals surface area contributed by atoms with Crippen LogP contribution in [0.1, 0.15) is 29.8 Å². The Morgan fingerprint density at radius 1 is 1.21 bits per heavy atom. The van der Waals surface area contributed by atoms with E-state index >= 15 is 0 Å². The van der Waals surface area contributed by atoms with E-state index in [9.17, 15) is 4.79 Å². The van der Waals surface area contributed by atoms with Gasteiger partial charge in [0, 0.05) is 31.0 Å². The Morgan fingerprint density at radius 2 is 2.03 bits per heavy atom. The number of amides is 1. The Kier molecular flexibility index (Phi) is 6.05. The first-order valence-corrected chi connectivity index (χ1v) is 10.5. The van der Waals surface area contributed by atoms with E-state index in [0.29, 0.717) is 13.0 Å². The van der Waals surface area contributed by atoms with Gasteiger partial charge in [0.05, 0.1) is 7.11 Å². The third-order valence-electron chi connectivity index (χ3n) is 5.06. The number of nitrogens with one attached hydrogen (secondary N) is 1. The normalized spacial score (nSPS) is 16.0. The van der Waals surface area contributed by atoms with E-state index in [-0.39, 0.29) is 11.9 Å². The largest absolute Gasteiger partial charge is 0.497 e. The Bertz CT molecular complexity index is 960. The standard InChI is InChI=1S/C22H24N4O2S/c1-28-18-10-5-9-17(13-18)14-20-24-22(29-25-20)26-12-6-11-19(26)21(27)23-15-16-7-3-2-4-8-16/h2-5,7-10,13,19H,6,11-12,14-15H2,1H3,(H,23,27). The van der Waals surface area contributed by atoms with Crippen molar-refractivity contribution >= 4 is 22.6 Å². The molecule has 1 N–H and O–H groups in total. The number of carbonyl (C=O) groups excluding carboxylic acids is 1. The van der Waals surface area contributed by atoms with Crippen LogP contribution < -0.4 is 15.0 Å². The summed E-state index contributed by atoms with van der Waals surface area (Å²) in [6.45, 7) is 1.37. The van der Waals surface area contributed by atoms with Gasteiger partial charge >= 0.3 is 0 Å². The molecule has 0 aliphatic carbocycles. The van der Waals surface area contributed by atoms with E-state index in [0.717, 1.165) is 47.2 Å². The highest BCUT2D eigenvalue weighted by Gasteiger charge is 2.32. The molecule has 1 aliphatic heterocycles. The van der Waals surface area contributed by atoms with Gasteiger partial charge < -0.3 is 15.0 Å². The van der Waals surface area contributed by atoms with E-state index in [1.807, 2.05) is 54.6 Å². The van der Waals surface area contributed by atoms with Gasteiger partial charge in [-0.15, -0.1) is 0 Å². The van der Waals surface area contributed by atoms with Gasteiger partial charge in [0.2, 0.25) is 11.0 Å². The number of carbonyl (C=O) groups is 1. The Labute approximate surface area is 174 Å². The lowest BCUT2D eigenvalue weighted by Gasteiger charge is -2.22. The first-order chi connectivity index (χ1) is 14.2. The average Bonchev–Trinajstić information content (AvgIpc) is 3.42. The van der Waals surface area contributed by atoms with Crippen LogP contribution in [0.2, 0.25) is 0 Å². The molecule has 1 saturated heterocycles. The van der Waals surface area contributed by atoms with Gasteiger partial charge in [0.1, 0.15) is 17.6 Å². The van der Waals surface area contributed by atoms with Crippen molar-refractivity contribution in [2.24, 2.45) is 0 Å². The number of anilines is 1. The number of methoxy groups -OCH3 is 1. The van der Waals surface area contributed by atoms with Crippen LogP contribution in [-0.4, -0.2) is 35.0 Å². The van der Waals surface area contributed by atoms with Crippen LogP contribution >= 0.6 is 11.5 Å². The molecule has 1 fully saturated rings. The molecule has 0 spiro atoms. The van der Waals surface area contributed by atoms with Crippen molar-refractivity contribution in [1.29, 1.82) is 0 Å². The van der Waals surface area contributed by atoms with E-state index < -0.39 is 0 Å². The molecule has 1 amide bonds. The van der Waals surface area contributed by atoms with Crippen LogP contribution in [0.15, 0.2) is 54.6 Å². The van der Waals surface area contributed by atoms with E-state index in [4.69, 9.17) is 9.72 Å². The molecule has 1 unspecified atom stereocenters. The second-order valence-electron chi connectivity index (χ2n) is 7.08. The molecule has 4 rings (SSSR count). The lowest BCUT2D eigenvalue weighted by molar-refractivity contribution is -0.122. The molecule has 0 bridgehead atoms. The Morgan fingerprint density at radius 3 is 2.86 bits per heavy atom. The first-order valence-electron chi connectivity index (χ1n) is 9.77. The first kappa shape index (κ1) is 19.4. The Hall–Kier alpha value is -2.93. The van der Waals surface area contributed by atoms with E-state index in [2.05, 4.69) is 14.6 Å². The summed E-state index contributed by atoms with van der Waals surface area (Å²) in [4.78, 5) is 19.6. The van der Waals surface area contributed by atoms with Gasteiger partial charge in [-0.2, -0.15) is 4.37 Å². The highest BCUT2D eigenvalue weighted by molar-refractivity contribution is 7.09. The molecule has 6 nitrogen and oxygen atoms in total. The zero-order valence-electron chi connectivity index (χ0n) is 16.4. The summed E-state index contributed by atoms with van der Waals surface area (Å²) in [5.74, 6) is 1.65. The summed E-state index contributed by atoms with van der Waals surface area (Å²) in [5, 5.41) is 3.88. The van der Waals surface area contributed by atoms with E-state index in [1.54, 1.807) is 7.11 Å². The topological polar surface area (TPSA) is 67.3 Å². The smallest absolute Gasteiger partial charge is 0.243 e. The summed E-state index contributed by atoms with van der Waals surface area (Å²) in [6.07, 6.45) is 2.46. The van der Waals surface area contributed by atoms with Gasteiger partial charge in [0.25, 0.3) is 0 Å². The molecule has 3 aromatic rings. The molecule has 2 heterocycles. The second kappa shape index (κ2) is 9.05. The Balaban J connectivity index is 1.40. The zero-order chi connectivity index (χ0) is 20.1. The van der Waals surface area contributed by atoms with Crippen molar-refractivity contribution in [3.05, 3.63) is 71.5 Å². The number of rotatable bonds is 7. The SMILES string of the molecule is COc1cccc(Cc2nsc(N3CCCC3C(=O)NCc3ccccc3)n2)c1. The fourth-order valence-electron chi connectivity index (χ4n) is 3.57. The molecule has 0 radical (unpaired) electrons. The fourth-order valence-corrected chi connectivity index (χ4v) is 4.33. The number of hydrogen-bond donors (Lipinski definition) is 1. The molecular weight excluding hydrogens is 384 g/mol. The number of nitrogens with zero attached hydrogens (tertiary/aromatic N) is 3. The molecule has 1 aromatic heterocycles. The highest BCUT2D eigenvalue weighted by Crippen LogP contribution is 2.28. The van der Waals surface area contributed by atoms with Gasteiger partial charge in [-0.05, 0) is 36.1 Å². The molecule has 7 heteroatoms. The minimum Gasteiger partial charge on any atom is -0.497 e. The van der Waals surface area contributed by atoms with Gasteiger partial charge in [0.15, 0.2) is 0 Å². The van der Waals surface area contributed by atoms with Gasteiger partial charge in [-0.1, -0.05) is 42.5 Å². The average molecular weight is 409 g/mol. The van der Waals surface area contributed by atoms with Crippen molar-refractivity contribution in [2.75, 3.05) is 18.6 Å². The highest BCUT2D eigenvalue weighted by atomic mass is 32.1. The summed E-state index contributed by atoms with van der Waals surface area (Å²) in [7, 11) is 1.66. The lowest BCUT2D eigenvalue weighted by atomic mass is 10.1. The molecule has 29 heavy (non-hydrogen) atoms. The fraction of sp³-hybridized carbons (Fsp3) is 0.318. The van der Waals surface area contributed by atoms with Crippen molar-refractivity contribution in [1.82, 2.24) is 14.7 Å². The third kappa shape index (κ3) is 4.74. The molecule has 0 saturated carbocycles. The summed E-state index contributed by atoms with van der Waals surface area (Å²) < 4.78 is 9.80. The van der Waals surface area contributed by atoms with Crippen molar-refractivity contribution in [3.8, 4) is 5.75 Å². The summed E-state index contributed by atoms with van der Waals surface area (Å²) in [5.41, 5.74) is 2.20. The number of hydrogen-bond acceptors (Lipinski definition) is 6. The second-order valence-corrected chi connectivity index (χ2v) is 7.81. The number of aromatic nitrogens is 2. The lowest BCUT2D eigenvalue weighted by Crippen LogP contribution is -2.43. The molecule has 1 atom stereocenters. The van der Waals surface area contributed by atoms with Crippen LogP contribution in [0.3, 0.4) is 0 Å². The minimum atomic E-state index is -0.184. The predicted octanol–water partition coefficient (Wildman–Crippen LogP) is 3.42. The van der Waals surface area contributed by atoms with Crippen LogP contribution in [0, 0.1) is 0 Å². The molecule has 150 valence electrons. The predicted molar refractivity (Wildman–Crippen MR) is 114 cm³/mol. The zero-order valence-corrected chi connectivity index (χ0v) is 17.2. The maximum absolute atomic E-state index is 12.8. The van der Waals surface area contributed by atoms with Crippen LogP contribution in [0.25, 0.3) is 0 Å². The summed E-state index contributed by atoms with van der Waals surface area (Å²) >= 11 is 1.37. The van der Waals surface area contributed by atoms with Gasteiger partial charge in [-0.25, -0.2) is 4.98 Å². The van der Waals surface area contributed by atoms with Gasteiger partial charge in [-0.3, -0.25) is 4.79 Å². The van der Waals surface area contributed by atoms with Crippen LogP contribution in [0.5, 0.6) is 5.75 Å². The molecule has 1 aliphatic rings. The quantitative estimate of drug-likeness (QED) is 0.649. The number of benzene rings is 2. The van der Waals surface area contributed by atoms with Crippen LogP contribution in [-0.2, 0) is 17.8 Å². The minimum absolute atomic E-state index is 0.0518. The van der Waals surface area contributed by atoms with Crippen molar-refractivity contribution < 1.29 is 9.53 Å². The summed E-state index contributed by atoms with van der Waals surface area (Å²) in [6, 6.07) is 17.7. The molecule has 2 aromatic carbocycles. The maximum Gasteiger partial charge on any atom is 0.243 e. The van der Waals surface area contributed by atoms with E-state index in [1.165, 1.54) is 11.5 Å². The van der Waals surface area contributed by atoms with Crippen molar-refractivity contribution in [2.45, 2.75) is 31.8 Å². The maximum atomic E-state index is 12.8. The van der Waals surface area contributed by atoms with Crippen molar-refractivity contribution in [3.63, 3.8) is 0 Å². The third-order valence-corrected chi connectivity index (χ3v) is 5.86. The van der Waals surface area contributed by atoms with Crippen LogP contribution in [0.4, 0.5) is 5.13 Å². The molecular formula is C22H24N4O2S. The monoisotopic (exact) mass is 408 g/mol. The number of ether oxygens (including phenoxy) is 1.